The molecule has 3 heteroatoms. The van der Waals surface area contributed by atoms with E-state index in [0.29, 0.717) is 11.1 Å². The van der Waals surface area contributed by atoms with Gasteiger partial charge in [-0.1, -0.05) is 12.1 Å². The molecular formula is C12H8N2O. The number of nitrogens with one attached hydrogen (secondary N) is 1. The quantitative estimate of drug-likeness (QED) is 0.749. The third-order valence-electron chi connectivity index (χ3n) is 2.21. The molecular weight excluding hydrogens is 188 g/mol. The maximum atomic E-state index is 10.7. The van der Waals surface area contributed by atoms with Crippen LogP contribution in [0.25, 0.3) is 11.3 Å². The number of aldehydes is 1. The number of hydrogen-bond donors (Lipinski definition) is 1. The smallest absolute Gasteiger partial charge is 0.152 e. The molecule has 2 aromatic rings. The zero-order valence-electron chi connectivity index (χ0n) is 7.90. The molecule has 15 heavy (non-hydrogen) atoms. The molecule has 0 bridgehead atoms. The van der Waals surface area contributed by atoms with Gasteiger partial charge in [0.05, 0.1) is 17.3 Å². The van der Waals surface area contributed by atoms with E-state index in [0.717, 1.165) is 17.5 Å². The number of hydrogen-bond acceptors (Lipinski definition) is 2. The molecule has 1 heterocycles. The fourth-order valence-corrected chi connectivity index (χ4v) is 1.44. The molecule has 0 atom stereocenters. The molecule has 1 N–H and O–H groups in total. The van der Waals surface area contributed by atoms with Gasteiger partial charge in [-0.05, 0) is 23.8 Å². The van der Waals surface area contributed by atoms with E-state index < -0.39 is 0 Å². The monoisotopic (exact) mass is 196 g/mol. The van der Waals surface area contributed by atoms with Crippen molar-refractivity contribution in [3.8, 4) is 17.3 Å². The van der Waals surface area contributed by atoms with Crippen LogP contribution >= 0.6 is 0 Å². The lowest BCUT2D eigenvalue weighted by Gasteiger charge is -1.99. The molecule has 2 rings (SSSR count). The maximum Gasteiger partial charge on any atom is 0.152 e. The Labute approximate surface area is 87.0 Å². The summed E-state index contributed by atoms with van der Waals surface area (Å²) in [4.78, 5) is 13.7. The third-order valence-corrected chi connectivity index (χ3v) is 2.21. The Hall–Kier alpha value is -2.34. The van der Waals surface area contributed by atoms with Crippen molar-refractivity contribution in [2.45, 2.75) is 0 Å². The first-order valence-electron chi connectivity index (χ1n) is 4.48. The van der Waals surface area contributed by atoms with Crippen LogP contribution in [0.4, 0.5) is 0 Å². The summed E-state index contributed by atoms with van der Waals surface area (Å²) in [6, 6.07) is 10.9. The minimum Gasteiger partial charge on any atom is -0.361 e. The number of H-pyrrole nitrogens is 1. The fourth-order valence-electron chi connectivity index (χ4n) is 1.44. The van der Waals surface area contributed by atoms with Gasteiger partial charge in [-0.2, -0.15) is 5.26 Å². The van der Waals surface area contributed by atoms with E-state index in [-0.39, 0.29) is 0 Å². The lowest BCUT2D eigenvalue weighted by Crippen LogP contribution is -1.84. The van der Waals surface area contributed by atoms with Crippen molar-refractivity contribution in [1.29, 1.82) is 5.26 Å². The Morgan fingerprint density at radius 1 is 1.20 bits per heavy atom. The zero-order valence-corrected chi connectivity index (χ0v) is 7.90. The Kier molecular flexibility index (Phi) is 2.34. The van der Waals surface area contributed by atoms with Crippen molar-refractivity contribution in [1.82, 2.24) is 4.98 Å². The maximum absolute atomic E-state index is 10.7. The highest BCUT2D eigenvalue weighted by molar-refractivity contribution is 5.85. The Balaban J connectivity index is 2.46. The molecule has 0 aliphatic carbocycles. The Morgan fingerprint density at radius 3 is 2.53 bits per heavy atom. The van der Waals surface area contributed by atoms with E-state index in [1.54, 1.807) is 24.4 Å². The summed E-state index contributed by atoms with van der Waals surface area (Å²) in [7, 11) is 0. The van der Waals surface area contributed by atoms with Gasteiger partial charge >= 0.3 is 0 Å². The van der Waals surface area contributed by atoms with Gasteiger partial charge in [0.15, 0.2) is 6.29 Å². The van der Waals surface area contributed by atoms with Crippen LogP contribution in [0.2, 0.25) is 0 Å². The zero-order chi connectivity index (χ0) is 10.7. The highest BCUT2D eigenvalue weighted by atomic mass is 16.1. The molecule has 0 saturated heterocycles. The molecule has 0 radical (unpaired) electrons. The Morgan fingerprint density at radius 2 is 1.93 bits per heavy atom. The molecule has 0 fully saturated rings. The number of rotatable bonds is 2. The van der Waals surface area contributed by atoms with Crippen molar-refractivity contribution in [3.05, 3.63) is 47.7 Å². The molecule has 0 aliphatic heterocycles. The van der Waals surface area contributed by atoms with Gasteiger partial charge in [-0.25, -0.2) is 0 Å². The van der Waals surface area contributed by atoms with Gasteiger partial charge in [-0.3, -0.25) is 4.79 Å². The second-order valence-corrected chi connectivity index (χ2v) is 3.12. The predicted octanol–water partition coefficient (Wildman–Crippen LogP) is 2.37. The van der Waals surface area contributed by atoms with Gasteiger partial charge in [0.25, 0.3) is 0 Å². The fraction of sp³-hybridized carbons (Fsp3) is 0. The van der Waals surface area contributed by atoms with Crippen LogP contribution in [-0.4, -0.2) is 11.3 Å². The summed E-state index contributed by atoms with van der Waals surface area (Å²) >= 11 is 0. The topological polar surface area (TPSA) is 56.6 Å². The van der Waals surface area contributed by atoms with E-state index >= 15 is 0 Å². The molecule has 0 spiro atoms. The molecule has 0 saturated carbocycles. The minimum atomic E-state index is 0.609. The number of carbonyl (C=O) groups is 1. The van der Waals surface area contributed by atoms with Crippen LogP contribution in [0.3, 0.4) is 0 Å². The van der Waals surface area contributed by atoms with Gasteiger partial charge < -0.3 is 4.98 Å². The summed E-state index contributed by atoms with van der Waals surface area (Å²) in [5.74, 6) is 0. The molecule has 1 aromatic carbocycles. The average Bonchev–Trinajstić information content (AvgIpc) is 2.77. The van der Waals surface area contributed by atoms with E-state index in [1.807, 2.05) is 18.2 Å². The molecule has 0 aliphatic rings. The normalized spacial score (nSPS) is 9.53. The van der Waals surface area contributed by atoms with Crippen molar-refractivity contribution in [2.75, 3.05) is 0 Å². The number of nitriles is 1. The Bertz CT molecular complexity index is 517. The summed E-state index contributed by atoms with van der Waals surface area (Å²) < 4.78 is 0. The van der Waals surface area contributed by atoms with Crippen LogP contribution < -0.4 is 0 Å². The number of nitrogens with zero attached hydrogens (tertiary/aromatic N) is 1. The van der Waals surface area contributed by atoms with Gasteiger partial charge in [-0.15, -0.1) is 0 Å². The summed E-state index contributed by atoms with van der Waals surface area (Å²) in [6.07, 6.45) is 2.53. The third kappa shape index (κ3) is 1.65. The van der Waals surface area contributed by atoms with Crippen molar-refractivity contribution < 1.29 is 4.79 Å². The van der Waals surface area contributed by atoms with Crippen LogP contribution in [0, 0.1) is 11.3 Å². The van der Waals surface area contributed by atoms with E-state index in [9.17, 15) is 4.79 Å². The summed E-state index contributed by atoms with van der Waals surface area (Å²) in [6.45, 7) is 0. The van der Waals surface area contributed by atoms with E-state index in [2.05, 4.69) is 4.98 Å². The van der Waals surface area contributed by atoms with Crippen LogP contribution in [0.15, 0.2) is 36.5 Å². The first kappa shape index (κ1) is 9.22. The van der Waals surface area contributed by atoms with Crippen molar-refractivity contribution in [2.24, 2.45) is 0 Å². The van der Waals surface area contributed by atoms with Crippen LogP contribution in [0.5, 0.6) is 0 Å². The first-order valence-corrected chi connectivity index (χ1v) is 4.48. The first-order chi connectivity index (χ1) is 7.35. The second-order valence-electron chi connectivity index (χ2n) is 3.12. The van der Waals surface area contributed by atoms with Crippen LogP contribution in [-0.2, 0) is 0 Å². The molecule has 0 unspecified atom stereocenters. The molecule has 1 aromatic heterocycles. The van der Waals surface area contributed by atoms with Gasteiger partial charge in [0.1, 0.15) is 0 Å². The van der Waals surface area contributed by atoms with Crippen molar-refractivity contribution >= 4 is 6.29 Å². The van der Waals surface area contributed by atoms with E-state index in [1.165, 1.54) is 0 Å². The largest absolute Gasteiger partial charge is 0.361 e. The number of aromatic nitrogens is 1. The van der Waals surface area contributed by atoms with Gasteiger partial charge in [0, 0.05) is 11.8 Å². The SMILES string of the molecule is N#Cc1ccc(-c2[nH]ccc2C=O)cc1. The second kappa shape index (κ2) is 3.81. The lowest BCUT2D eigenvalue weighted by atomic mass is 10.1. The van der Waals surface area contributed by atoms with Crippen LogP contribution in [0.1, 0.15) is 15.9 Å². The lowest BCUT2D eigenvalue weighted by molar-refractivity contribution is 0.112. The molecule has 0 amide bonds. The number of carbonyl (C=O) groups excluding carboxylic acids is 1. The van der Waals surface area contributed by atoms with Gasteiger partial charge in [0.2, 0.25) is 0 Å². The standard InChI is InChI=1S/C12H8N2O/c13-7-9-1-3-10(4-2-9)12-11(8-15)5-6-14-12/h1-6,8,14H. The highest BCUT2D eigenvalue weighted by Gasteiger charge is 2.04. The number of aromatic amines is 1. The minimum absolute atomic E-state index is 0.609. The highest BCUT2D eigenvalue weighted by Crippen LogP contribution is 2.20. The summed E-state index contributed by atoms with van der Waals surface area (Å²) in [5, 5.41) is 8.65. The molecule has 3 nitrogen and oxygen atoms in total. The summed E-state index contributed by atoms with van der Waals surface area (Å²) in [5.41, 5.74) is 2.92. The van der Waals surface area contributed by atoms with Crippen molar-refractivity contribution in [3.63, 3.8) is 0 Å². The van der Waals surface area contributed by atoms with E-state index in [4.69, 9.17) is 5.26 Å². The molecule has 72 valence electrons. The predicted molar refractivity (Wildman–Crippen MR) is 56.3 cm³/mol. The average molecular weight is 196 g/mol. The number of benzene rings is 1.